The quantitative estimate of drug-likeness (QED) is 0.734. The molecule has 9 heteroatoms. The second-order valence-corrected chi connectivity index (χ2v) is 5.93. The number of carbonyl (C=O) groups is 1. The Morgan fingerprint density at radius 1 is 1.53 bits per heavy atom. The van der Waals surface area contributed by atoms with E-state index in [1.54, 1.807) is 4.90 Å². The van der Waals surface area contributed by atoms with Gasteiger partial charge >= 0.3 is 0 Å². The molecule has 0 spiro atoms. The highest BCUT2D eigenvalue weighted by molar-refractivity contribution is 7.89. The minimum Gasteiger partial charge on any atom is -0.378 e. The van der Waals surface area contributed by atoms with E-state index in [9.17, 15) is 13.2 Å². The van der Waals surface area contributed by atoms with Crippen molar-refractivity contribution in [1.82, 2.24) is 19.8 Å². The Labute approximate surface area is 111 Å². The third-order valence-corrected chi connectivity index (χ3v) is 4.32. The smallest absolute Gasteiger partial charge is 0.244 e. The molecule has 1 aliphatic rings. The zero-order chi connectivity index (χ0) is 13.9. The van der Waals surface area contributed by atoms with Gasteiger partial charge in [-0.05, 0) is 6.92 Å². The van der Waals surface area contributed by atoms with Crippen LogP contribution in [0.25, 0.3) is 0 Å². The molecule has 0 saturated carbocycles. The van der Waals surface area contributed by atoms with Gasteiger partial charge in [0.1, 0.15) is 4.90 Å². The molecule has 1 amide bonds. The fourth-order valence-corrected chi connectivity index (χ4v) is 2.90. The molecule has 0 aliphatic carbocycles. The highest BCUT2D eigenvalue weighted by Crippen LogP contribution is 2.07. The van der Waals surface area contributed by atoms with Crippen LogP contribution in [0.4, 0.5) is 0 Å². The molecule has 1 unspecified atom stereocenters. The molecule has 0 aromatic carbocycles. The first kappa shape index (κ1) is 14.0. The Morgan fingerprint density at radius 2 is 2.21 bits per heavy atom. The lowest BCUT2D eigenvalue weighted by Gasteiger charge is -2.29. The lowest BCUT2D eigenvalue weighted by atomic mass is 10.3. The maximum absolute atomic E-state index is 12.1. The fourth-order valence-electron chi connectivity index (χ4n) is 1.79. The van der Waals surface area contributed by atoms with Gasteiger partial charge in [0.05, 0.1) is 25.5 Å². The normalized spacial score (nSPS) is 18.3. The van der Waals surface area contributed by atoms with E-state index in [0.29, 0.717) is 26.3 Å². The van der Waals surface area contributed by atoms with Gasteiger partial charge < -0.3 is 9.64 Å². The van der Waals surface area contributed by atoms with Crippen molar-refractivity contribution in [3.8, 4) is 0 Å². The molecule has 1 atom stereocenters. The summed E-state index contributed by atoms with van der Waals surface area (Å²) in [4.78, 5) is 13.7. The summed E-state index contributed by atoms with van der Waals surface area (Å²) in [7, 11) is -3.72. The zero-order valence-corrected chi connectivity index (χ0v) is 11.3. The van der Waals surface area contributed by atoms with Crippen molar-refractivity contribution in [2.24, 2.45) is 0 Å². The standard InChI is InChI=1S/C10H16N4O4S/c1-8(10(15)14-2-4-18-5-3-14)13-19(16,17)9-6-11-12-7-9/h6-8,13H,2-5H2,1H3,(H,11,12). The number of amides is 1. The van der Waals surface area contributed by atoms with Crippen molar-refractivity contribution < 1.29 is 17.9 Å². The number of H-pyrrole nitrogens is 1. The molecule has 8 nitrogen and oxygen atoms in total. The summed E-state index contributed by atoms with van der Waals surface area (Å²) < 4.78 is 31.3. The average Bonchev–Trinajstić information content (AvgIpc) is 2.93. The van der Waals surface area contributed by atoms with E-state index in [2.05, 4.69) is 14.9 Å². The van der Waals surface area contributed by atoms with Crippen LogP contribution in [0.1, 0.15) is 6.92 Å². The Morgan fingerprint density at radius 3 is 2.79 bits per heavy atom. The number of rotatable bonds is 4. The summed E-state index contributed by atoms with van der Waals surface area (Å²) >= 11 is 0. The third kappa shape index (κ3) is 3.31. The molecule has 0 bridgehead atoms. The second-order valence-electron chi connectivity index (χ2n) is 4.21. The number of carbonyl (C=O) groups excluding carboxylic acids is 1. The summed E-state index contributed by atoms with van der Waals surface area (Å²) in [6, 6.07) is -0.821. The summed E-state index contributed by atoms with van der Waals surface area (Å²) in [6.45, 7) is 3.45. The van der Waals surface area contributed by atoms with Crippen LogP contribution in [0.15, 0.2) is 17.3 Å². The largest absolute Gasteiger partial charge is 0.378 e. The molecule has 1 aromatic rings. The predicted octanol–water partition coefficient (Wildman–Crippen LogP) is -1.06. The molecule has 2 heterocycles. The topological polar surface area (TPSA) is 104 Å². The van der Waals surface area contributed by atoms with Gasteiger partial charge in [0.25, 0.3) is 0 Å². The highest BCUT2D eigenvalue weighted by Gasteiger charge is 2.27. The van der Waals surface area contributed by atoms with E-state index in [-0.39, 0.29) is 10.8 Å². The van der Waals surface area contributed by atoms with Crippen LogP contribution in [0.3, 0.4) is 0 Å². The fraction of sp³-hybridized carbons (Fsp3) is 0.600. The number of hydrogen-bond acceptors (Lipinski definition) is 5. The molecule has 1 aromatic heterocycles. The van der Waals surface area contributed by atoms with Crippen molar-refractivity contribution in [3.05, 3.63) is 12.4 Å². The van der Waals surface area contributed by atoms with Gasteiger partial charge in [-0.25, -0.2) is 8.42 Å². The van der Waals surface area contributed by atoms with Gasteiger partial charge in [-0.3, -0.25) is 9.89 Å². The van der Waals surface area contributed by atoms with Crippen LogP contribution in [-0.4, -0.2) is 61.8 Å². The molecular formula is C10H16N4O4S. The van der Waals surface area contributed by atoms with Gasteiger partial charge in [0.15, 0.2) is 0 Å². The Hall–Kier alpha value is -1.45. The van der Waals surface area contributed by atoms with E-state index >= 15 is 0 Å². The first-order valence-corrected chi connectivity index (χ1v) is 7.36. The maximum atomic E-state index is 12.1. The SMILES string of the molecule is CC(NS(=O)(=O)c1cn[nH]c1)C(=O)N1CCOCC1. The Balaban J connectivity index is 2.00. The molecule has 19 heavy (non-hydrogen) atoms. The molecular weight excluding hydrogens is 272 g/mol. The predicted molar refractivity (Wildman–Crippen MR) is 65.8 cm³/mol. The van der Waals surface area contributed by atoms with Crippen molar-refractivity contribution in [2.45, 2.75) is 17.9 Å². The molecule has 1 aliphatic heterocycles. The van der Waals surface area contributed by atoms with Gasteiger partial charge in [-0.2, -0.15) is 9.82 Å². The number of hydrogen-bond donors (Lipinski definition) is 2. The summed E-state index contributed by atoms with van der Waals surface area (Å²) in [5.41, 5.74) is 0. The van der Waals surface area contributed by atoms with Crippen molar-refractivity contribution in [1.29, 1.82) is 0 Å². The zero-order valence-electron chi connectivity index (χ0n) is 10.5. The van der Waals surface area contributed by atoms with Crippen LogP contribution in [0.2, 0.25) is 0 Å². The molecule has 1 fully saturated rings. The maximum Gasteiger partial charge on any atom is 0.244 e. The van der Waals surface area contributed by atoms with Crippen molar-refractivity contribution in [3.63, 3.8) is 0 Å². The number of aromatic nitrogens is 2. The average molecular weight is 288 g/mol. The van der Waals surface area contributed by atoms with Crippen LogP contribution < -0.4 is 4.72 Å². The van der Waals surface area contributed by atoms with Crippen LogP contribution in [0.5, 0.6) is 0 Å². The number of sulfonamides is 1. The van der Waals surface area contributed by atoms with E-state index in [4.69, 9.17) is 4.74 Å². The minimum atomic E-state index is -3.72. The van der Waals surface area contributed by atoms with E-state index in [1.807, 2.05) is 0 Å². The summed E-state index contributed by atoms with van der Waals surface area (Å²) in [5, 5.41) is 6.00. The minimum absolute atomic E-state index is 0.00845. The van der Waals surface area contributed by atoms with Gasteiger partial charge in [-0.15, -0.1) is 0 Å². The lowest BCUT2D eigenvalue weighted by Crippen LogP contribution is -2.50. The highest BCUT2D eigenvalue weighted by atomic mass is 32.2. The van der Waals surface area contributed by atoms with Crippen LogP contribution in [-0.2, 0) is 19.6 Å². The van der Waals surface area contributed by atoms with Crippen molar-refractivity contribution >= 4 is 15.9 Å². The van der Waals surface area contributed by atoms with E-state index in [0.717, 1.165) is 0 Å². The number of nitrogens with zero attached hydrogens (tertiary/aromatic N) is 2. The molecule has 0 radical (unpaired) electrons. The monoisotopic (exact) mass is 288 g/mol. The molecule has 2 N–H and O–H groups in total. The van der Waals surface area contributed by atoms with E-state index < -0.39 is 16.1 Å². The Bertz CT molecular complexity index is 522. The van der Waals surface area contributed by atoms with Gasteiger partial charge in [-0.1, -0.05) is 0 Å². The van der Waals surface area contributed by atoms with Gasteiger partial charge in [0.2, 0.25) is 15.9 Å². The summed E-state index contributed by atoms with van der Waals surface area (Å²) in [6.07, 6.45) is 2.45. The van der Waals surface area contributed by atoms with E-state index in [1.165, 1.54) is 19.3 Å². The first-order valence-electron chi connectivity index (χ1n) is 5.88. The van der Waals surface area contributed by atoms with Crippen LogP contribution in [0, 0.1) is 0 Å². The number of nitrogens with one attached hydrogen (secondary N) is 2. The van der Waals surface area contributed by atoms with Crippen LogP contribution >= 0.6 is 0 Å². The van der Waals surface area contributed by atoms with Crippen molar-refractivity contribution in [2.75, 3.05) is 26.3 Å². The molecule has 106 valence electrons. The lowest BCUT2D eigenvalue weighted by molar-refractivity contribution is -0.136. The number of ether oxygens (including phenoxy) is 1. The number of morpholine rings is 1. The molecule has 1 saturated heterocycles. The third-order valence-electron chi connectivity index (χ3n) is 2.81. The summed E-state index contributed by atoms with van der Waals surface area (Å²) in [5.74, 6) is -0.254. The number of aromatic amines is 1. The first-order chi connectivity index (χ1) is 9.00. The Kier molecular flexibility index (Phi) is 4.17. The molecule has 2 rings (SSSR count). The second kappa shape index (κ2) is 5.68. The van der Waals surface area contributed by atoms with Gasteiger partial charge in [0, 0.05) is 19.3 Å².